The lowest BCUT2D eigenvalue weighted by atomic mass is 9.90. The van der Waals surface area contributed by atoms with E-state index in [0.717, 1.165) is 5.56 Å². The zero-order valence-electron chi connectivity index (χ0n) is 9.25. The van der Waals surface area contributed by atoms with Crippen LogP contribution in [0.3, 0.4) is 0 Å². The third-order valence-corrected chi connectivity index (χ3v) is 2.78. The zero-order chi connectivity index (χ0) is 12.5. The van der Waals surface area contributed by atoms with Crippen molar-refractivity contribution in [3.05, 3.63) is 52.1 Å². The Morgan fingerprint density at radius 1 is 1.35 bits per heavy atom. The van der Waals surface area contributed by atoms with E-state index >= 15 is 0 Å². The van der Waals surface area contributed by atoms with Gasteiger partial charge in [0, 0.05) is 24.6 Å². The van der Waals surface area contributed by atoms with Crippen LogP contribution in [-0.4, -0.2) is 10.9 Å². The summed E-state index contributed by atoms with van der Waals surface area (Å²) in [5, 5.41) is 10.5. The smallest absolute Gasteiger partial charge is 0.331 e. The summed E-state index contributed by atoms with van der Waals surface area (Å²) in [7, 11) is 0. The van der Waals surface area contributed by atoms with Crippen LogP contribution in [0.25, 0.3) is 0 Å². The minimum Gasteiger partial charge on any atom is -0.451 e. The van der Waals surface area contributed by atoms with Crippen LogP contribution in [0.2, 0.25) is 0 Å². The number of carbonyl (C=O) groups excluding carboxylic acids is 1. The second kappa shape index (κ2) is 4.01. The van der Waals surface area contributed by atoms with Gasteiger partial charge in [0.25, 0.3) is 5.69 Å². The lowest BCUT2D eigenvalue weighted by Crippen LogP contribution is -2.30. The van der Waals surface area contributed by atoms with E-state index in [4.69, 9.17) is 4.74 Å². The van der Waals surface area contributed by atoms with Crippen molar-refractivity contribution in [3.63, 3.8) is 0 Å². The summed E-state index contributed by atoms with van der Waals surface area (Å²) in [5.41, 5.74) is 0.0388. The summed E-state index contributed by atoms with van der Waals surface area (Å²) < 4.78 is 5.26. The number of cyclic esters (lactones) is 1. The molecule has 0 radical (unpaired) electrons. The van der Waals surface area contributed by atoms with Crippen molar-refractivity contribution >= 4 is 11.7 Å². The van der Waals surface area contributed by atoms with Gasteiger partial charge in [-0.3, -0.25) is 10.1 Å². The molecule has 5 nitrogen and oxygen atoms in total. The molecular weight excluding hydrogens is 222 g/mol. The second-order valence-electron chi connectivity index (χ2n) is 4.06. The third-order valence-electron chi connectivity index (χ3n) is 2.78. The number of hydrogen-bond donors (Lipinski definition) is 0. The molecular formula is C12H11NO4. The molecule has 0 N–H and O–H groups in total. The molecule has 1 aliphatic rings. The summed E-state index contributed by atoms with van der Waals surface area (Å²) >= 11 is 0. The Kier molecular flexibility index (Phi) is 2.67. The maximum absolute atomic E-state index is 11.2. The number of carbonyl (C=O) groups is 1. The van der Waals surface area contributed by atoms with Crippen molar-refractivity contribution in [1.29, 1.82) is 0 Å². The Morgan fingerprint density at radius 3 is 2.53 bits per heavy atom. The van der Waals surface area contributed by atoms with Crippen LogP contribution >= 0.6 is 0 Å². The molecule has 0 bridgehead atoms. The molecule has 0 fully saturated rings. The van der Waals surface area contributed by atoms with Gasteiger partial charge in [-0.2, -0.15) is 0 Å². The first-order valence-corrected chi connectivity index (χ1v) is 5.16. The molecule has 1 aromatic rings. The topological polar surface area (TPSA) is 69.4 Å². The van der Waals surface area contributed by atoms with Crippen molar-refractivity contribution in [2.45, 2.75) is 18.9 Å². The van der Waals surface area contributed by atoms with E-state index in [1.165, 1.54) is 18.2 Å². The van der Waals surface area contributed by atoms with Crippen LogP contribution in [0.15, 0.2) is 36.4 Å². The van der Waals surface area contributed by atoms with Gasteiger partial charge in [0.05, 0.1) is 4.92 Å². The molecule has 1 unspecified atom stereocenters. The average Bonchev–Trinajstić information content (AvgIpc) is 2.29. The van der Waals surface area contributed by atoms with Gasteiger partial charge in [0.1, 0.15) is 5.60 Å². The minimum absolute atomic E-state index is 0.0232. The van der Waals surface area contributed by atoms with E-state index in [2.05, 4.69) is 0 Å². The maximum atomic E-state index is 11.2. The fourth-order valence-electron chi connectivity index (χ4n) is 1.79. The fourth-order valence-corrected chi connectivity index (χ4v) is 1.79. The van der Waals surface area contributed by atoms with Crippen LogP contribution in [0.4, 0.5) is 5.69 Å². The molecule has 5 heteroatoms. The Bertz CT molecular complexity index is 492. The van der Waals surface area contributed by atoms with Crippen LogP contribution in [-0.2, 0) is 15.1 Å². The van der Waals surface area contributed by atoms with E-state index in [0.29, 0.717) is 6.42 Å². The van der Waals surface area contributed by atoms with Gasteiger partial charge < -0.3 is 4.74 Å². The molecule has 0 aliphatic carbocycles. The molecule has 17 heavy (non-hydrogen) atoms. The highest BCUT2D eigenvalue weighted by Gasteiger charge is 2.32. The number of ether oxygens (including phenoxy) is 1. The highest BCUT2D eigenvalue weighted by Crippen LogP contribution is 2.33. The number of nitrogens with zero attached hydrogens (tertiary/aromatic N) is 1. The lowest BCUT2D eigenvalue weighted by molar-refractivity contribution is -0.384. The molecule has 1 aromatic carbocycles. The number of benzene rings is 1. The predicted octanol–water partition coefficient (Wildman–Crippen LogP) is 2.31. The largest absolute Gasteiger partial charge is 0.451 e. The first kappa shape index (κ1) is 11.3. The fraction of sp³-hybridized carbons (Fsp3) is 0.250. The van der Waals surface area contributed by atoms with E-state index in [1.807, 2.05) is 0 Å². The summed E-state index contributed by atoms with van der Waals surface area (Å²) in [4.78, 5) is 21.3. The van der Waals surface area contributed by atoms with Crippen LogP contribution in [0.1, 0.15) is 18.9 Å². The number of hydrogen-bond acceptors (Lipinski definition) is 4. The zero-order valence-corrected chi connectivity index (χ0v) is 9.25. The van der Waals surface area contributed by atoms with E-state index in [9.17, 15) is 14.9 Å². The monoisotopic (exact) mass is 233 g/mol. The summed E-state index contributed by atoms with van der Waals surface area (Å²) in [6, 6.07) is 6.05. The Balaban J connectivity index is 2.31. The number of nitro groups is 1. The molecule has 0 spiro atoms. The average molecular weight is 233 g/mol. The van der Waals surface area contributed by atoms with Crippen molar-refractivity contribution in [3.8, 4) is 0 Å². The van der Waals surface area contributed by atoms with E-state index in [1.54, 1.807) is 25.1 Å². The summed E-state index contributed by atoms with van der Waals surface area (Å²) in [6.07, 6.45) is 3.69. The quantitative estimate of drug-likeness (QED) is 0.446. The number of nitro benzene ring substituents is 1. The first-order valence-electron chi connectivity index (χ1n) is 5.16. The molecule has 1 heterocycles. The Hall–Kier alpha value is -2.17. The van der Waals surface area contributed by atoms with E-state index < -0.39 is 16.5 Å². The third kappa shape index (κ3) is 2.18. The molecule has 2 rings (SSSR count). The van der Waals surface area contributed by atoms with Crippen LogP contribution in [0, 0.1) is 10.1 Å². The highest BCUT2D eigenvalue weighted by molar-refractivity contribution is 5.83. The van der Waals surface area contributed by atoms with E-state index in [-0.39, 0.29) is 5.69 Å². The first-order chi connectivity index (χ1) is 8.01. The molecule has 0 saturated carbocycles. The SMILES string of the molecule is CC1(c2ccc([N+](=O)[O-])cc2)CC=CC(=O)O1. The number of esters is 1. The minimum atomic E-state index is -0.735. The van der Waals surface area contributed by atoms with Crippen LogP contribution < -0.4 is 0 Å². The van der Waals surface area contributed by atoms with Gasteiger partial charge in [-0.05, 0) is 24.6 Å². The predicted molar refractivity (Wildman–Crippen MR) is 60.3 cm³/mol. The molecule has 1 atom stereocenters. The number of non-ortho nitro benzene ring substituents is 1. The van der Waals surface area contributed by atoms with Crippen molar-refractivity contribution in [1.82, 2.24) is 0 Å². The molecule has 0 aromatic heterocycles. The molecule has 0 saturated heterocycles. The Labute approximate surface area is 97.9 Å². The standard InChI is InChI=1S/C12H11NO4/c1-12(8-2-3-11(14)17-12)9-4-6-10(7-5-9)13(15)16/h2-7H,8H2,1H3. The normalized spacial score (nSPS) is 23.2. The van der Waals surface area contributed by atoms with Crippen molar-refractivity contribution in [2.75, 3.05) is 0 Å². The van der Waals surface area contributed by atoms with Gasteiger partial charge in [0.2, 0.25) is 0 Å². The van der Waals surface area contributed by atoms with Gasteiger partial charge in [-0.1, -0.05) is 6.08 Å². The maximum Gasteiger partial charge on any atom is 0.331 e. The van der Waals surface area contributed by atoms with Gasteiger partial charge in [-0.25, -0.2) is 4.79 Å². The summed E-state index contributed by atoms with van der Waals surface area (Å²) in [6.45, 7) is 1.79. The van der Waals surface area contributed by atoms with Crippen LogP contribution in [0.5, 0.6) is 0 Å². The highest BCUT2D eigenvalue weighted by atomic mass is 16.6. The number of rotatable bonds is 2. The van der Waals surface area contributed by atoms with Crippen molar-refractivity contribution < 1.29 is 14.5 Å². The van der Waals surface area contributed by atoms with Gasteiger partial charge in [0.15, 0.2) is 0 Å². The molecule has 0 amide bonds. The molecule has 1 aliphatic heterocycles. The summed E-state index contributed by atoms with van der Waals surface area (Å²) in [5.74, 6) is -0.392. The Morgan fingerprint density at radius 2 is 2.00 bits per heavy atom. The molecule has 88 valence electrons. The second-order valence-corrected chi connectivity index (χ2v) is 4.06. The van der Waals surface area contributed by atoms with Gasteiger partial charge >= 0.3 is 5.97 Å². The van der Waals surface area contributed by atoms with Crippen molar-refractivity contribution in [2.24, 2.45) is 0 Å². The van der Waals surface area contributed by atoms with Gasteiger partial charge in [-0.15, -0.1) is 0 Å². The lowest BCUT2D eigenvalue weighted by Gasteiger charge is -2.30.